The lowest BCUT2D eigenvalue weighted by Crippen LogP contribution is -2.12. The molecular formula is C30H22FN9. The van der Waals surface area contributed by atoms with Gasteiger partial charge in [-0.15, -0.1) is 0 Å². The molecule has 6 aromatic heterocycles. The fourth-order valence-corrected chi connectivity index (χ4v) is 4.80. The number of H-pyrrole nitrogens is 2. The quantitative estimate of drug-likeness (QED) is 0.252. The number of hydrogen-bond acceptors (Lipinski definition) is 7. The zero-order chi connectivity index (χ0) is 26.9. The van der Waals surface area contributed by atoms with Crippen molar-refractivity contribution in [3.05, 3.63) is 109 Å². The van der Waals surface area contributed by atoms with Gasteiger partial charge in [-0.3, -0.25) is 20.1 Å². The first kappa shape index (κ1) is 23.7. The third-order valence-electron chi connectivity index (χ3n) is 6.72. The van der Waals surface area contributed by atoms with Crippen molar-refractivity contribution in [1.29, 1.82) is 0 Å². The summed E-state index contributed by atoms with van der Waals surface area (Å²) in [6.45, 7) is 1.31. The van der Waals surface area contributed by atoms with Gasteiger partial charge in [0.25, 0.3) is 0 Å². The van der Waals surface area contributed by atoms with Crippen LogP contribution in [0.25, 0.3) is 56.0 Å². The fraction of sp³-hybridized carbons (Fsp3) is 0.0667. The van der Waals surface area contributed by atoms with Crippen LogP contribution in [0.2, 0.25) is 0 Å². The van der Waals surface area contributed by atoms with Crippen molar-refractivity contribution in [1.82, 2.24) is 45.4 Å². The lowest BCUT2D eigenvalue weighted by molar-refractivity contribution is 0.638. The second-order valence-corrected chi connectivity index (χ2v) is 9.33. The van der Waals surface area contributed by atoms with Crippen molar-refractivity contribution in [2.75, 3.05) is 0 Å². The van der Waals surface area contributed by atoms with Crippen LogP contribution < -0.4 is 5.32 Å². The number of aromatic nitrogens is 8. The average molecular weight is 528 g/mol. The molecule has 0 radical (unpaired) electrons. The number of halogens is 1. The Morgan fingerprint density at radius 3 is 2.50 bits per heavy atom. The van der Waals surface area contributed by atoms with Crippen molar-refractivity contribution in [2.24, 2.45) is 0 Å². The fourth-order valence-electron chi connectivity index (χ4n) is 4.80. The van der Waals surface area contributed by atoms with Crippen LogP contribution in [0, 0.1) is 5.82 Å². The van der Waals surface area contributed by atoms with E-state index in [9.17, 15) is 0 Å². The SMILES string of the molecule is Fc1c(-c2cncc(CNCc3ccccc3)c2)ncc2[nH]nc(-c3nc4nccc(-c5ccncc5)c4[nH]3)c12. The number of nitrogens with one attached hydrogen (secondary N) is 3. The molecule has 0 aliphatic rings. The maximum atomic E-state index is 16.1. The van der Waals surface area contributed by atoms with E-state index in [4.69, 9.17) is 0 Å². The molecule has 3 N–H and O–H groups in total. The Bertz CT molecular complexity index is 1950. The van der Waals surface area contributed by atoms with Crippen LogP contribution in [0.1, 0.15) is 11.1 Å². The van der Waals surface area contributed by atoms with Crippen molar-refractivity contribution in [3.63, 3.8) is 0 Å². The Kier molecular flexibility index (Phi) is 5.98. The number of hydrogen-bond donors (Lipinski definition) is 3. The molecule has 0 atom stereocenters. The standard InChI is InChI=1S/C30H22FN9/c31-25-24-23(17-36-26(25)21-12-19(15-34-16-21)14-33-13-18-4-2-1-3-5-18)39-40-28(24)30-37-27-22(8-11-35-29(27)38-30)20-6-9-32-10-7-20/h1-12,15-17,33H,13-14H2,(H,39,40)(H,35,37,38). The van der Waals surface area contributed by atoms with Crippen LogP contribution in [-0.4, -0.2) is 40.1 Å². The molecule has 1 aromatic carbocycles. The highest BCUT2D eigenvalue weighted by atomic mass is 19.1. The highest BCUT2D eigenvalue weighted by Crippen LogP contribution is 2.34. The van der Waals surface area contributed by atoms with Crippen LogP contribution in [-0.2, 0) is 13.1 Å². The Balaban J connectivity index is 1.23. The lowest BCUT2D eigenvalue weighted by Gasteiger charge is -2.08. The number of benzene rings is 1. The second kappa shape index (κ2) is 10.1. The molecule has 0 aliphatic heterocycles. The van der Waals surface area contributed by atoms with Crippen molar-refractivity contribution in [3.8, 4) is 33.9 Å². The summed E-state index contributed by atoms with van der Waals surface area (Å²) in [5.74, 6) is -0.0940. The minimum atomic E-state index is -0.500. The topological polar surface area (TPSA) is 121 Å². The van der Waals surface area contributed by atoms with Gasteiger partial charge in [0.15, 0.2) is 17.3 Å². The highest BCUT2D eigenvalue weighted by Gasteiger charge is 2.21. The van der Waals surface area contributed by atoms with Gasteiger partial charge in [-0.1, -0.05) is 30.3 Å². The third kappa shape index (κ3) is 4.36. The molecule has 0 fully saturated rings. The normalized spacial score (nSPS) is 11.4. The van der Waals surface area contributed by atoms with Crippen LogP contribution in [0.3, 0.4) is 0 Å². The van der Waals surface area contributed by atoms with Gasteiger partial charge in [0.05, 0.1) is 22.6 Å². The number of pyridine rings is 4. The predicted molar refractivity (Wildman–Crippen MR) is 150 cm³/mol. The largest absolute Gasteiger partial charge is 0.335 e. The Morgan fingerprint density at radius 1 is 0.775 bits per heavy atom. The molecule has 7 aromatic rings. The summed E-state index contributed by atoms with van der Waals surface area (Å²) in [5, 5.41) is 11.0. The minimum Gasteiger partial charge on any atom is -0.335 e. The molecule has 9 nitrogen and oxygen atoms in total. The number of rotatable bonds is 7. The van der Waals surface area contributed by atoms with Gasteiger partial charge in [-0.25, -0.2) is 14.4 Å². The summed E-state index contributed by atoms with van der Waals surface area (Å²) in [5.41, 5.74) is 6.82. The maximum Gasteiger partial charge on any atom is 0.178 e. The second-order valence-electron chi connectivity index (χ2n) is 9.33. The summed E-state index contributed by atoms with van der Waals surface area (Å²) in [7, 11) is 0. The first-order valence-corrected chi connectivity index (χ1v) is 12.7. The summed E-state index contributed by atoms with van der Waals surface area (Å²) in [6.07, 6.45) is 10.1. The number of nitrogens with zero attached hydrogens (tertiary/aromatic N) is 6. The molecule has 6 heterocycles. The van der Waals surface area contributed by atoms with E-state index < -0.39 is 5.82 Å². The van der Waals surface area contributed by atoms with Crippen molar-refractivity contribution >= 4 is 22.1 Å². The summed E-state index contributed by atoms with van der Waals surface area (Å²) in [4.78, 5) is 25.2. The molecule has 7 rings (SSSR count). The number of imidazole rings is 1. The lowest BCUT2D eigenvalue weighted by atomic mass is 10.1. The summed E-state index contributed by atoms with van der Waals surface area (Å²) < 4.78 is 16.1. The van der Waals surface area contributed by atoms with E-state index in [2.05, 4.69) is 57.6 Å². The molecule has 10 heteroatoms. The number of aromatic amines is 2. The van der Waals surface area contributed by atoms with Gasteiger partial charge >= 0.3 is 0 Å². The van der Waals surface area contributed by atoms with Gasteiger partial charge < -0.3 is 10.3 Å². The Hall–Kier alpha value is -5.35. The highest BCUT2D eigenvalue weighted by molar-refractivity contribution is 5.97. The summed E-state index contributed by atoms with van der Waals surface area (Å²) in [6, 6.07) is 17.8. The molecular weight excluding hydrogens is 505 g/mol. The third-order valence-corrected chi connectivity index (χ3v) is 6.72. The molecule has 0 unspecified atom stereocenters. The van der Waals surface area contributed by atoms with Gasteiger partial charge in [0.1, 0.15) is 11.4 Å². The molecule has 0 saturated heterocycles. The first-order chi connectivity index (χ1) is 19.7. The molecule has 0 bridgehead atoms. The number of fused-ring (bicyclic) bond motifs is 2. The molecule has 0 aliphatic carbocycles. The van der Waals surface area contributed by atoms with Crippen molar-refractivity contribution < 1.29 is 4.39 Å². The maximum absolute atomic E-state index is 16.1. The average Bonchev–Trinajstić information content (AvgIpc) is 3.63. The predicted octanol–water partition coefficient (Wildman–Crippen LogP) is 5.45. The van der Waals surface area contributed by atoms with E-state index in [-0.39, 0.29) is 5.69 Å². The van der Waals surface area contributed by atoms with Crippen molar-refractivity contribution in [2.45, 2.75) is 13.1 Å². The summed E-state index contributed by atoms with van der Waals surface area (Å²) >= 11 is 0. The molecule has 0 amide bonds. The van der Waals surface area contributed by atoms with E-state index in [0.717, 1.165) is 28.8 Å². The Labute approximate surface area is 227 Å². The van der Waals surface area contributed by atoms with Gasteiger partial charge in [-0.2, -0.15) is 5.10 Å². The Morgan fingerprint density at radius 2 is 1.62 bits per heavy atom. The first-order valence-electron chi connectivity index (χ1n) is 12.7. The smallest absolute Gasteiger partial charge is 0.178 e. The zero-order valence-corrected chi connectivity index (χ0v) is 21.1. The van der Waals surface area contributed by atoms with Gasteiger partial charge in [0.2, 0.25) is 0 Å². The molecule has 40 heavy (non-hydrogen) atoms. The minimum absolute atomic E-state index is 0.194. The zero-order valence-electron chi connectivity index (χ0n) is 21.1. The van der Waals surface area contributed by atoms with Crippen LogP contribution >= 0.6 is 0 Å². The monoisotopic (exact) mass is 527 g/mol. The van der Waals surface area contributed by atoms with Crippen LogP contribution in [0.5, 0.6) is 0 Å². The van der Waals surface area contributed by atoms with E-state index in [1.165, 1.54) is 5.56 Å². The van der Waals surface area contributed by atoms with E-state index in [1.807, 2.05) is 42.5 Å². The van der Waals surface area contributed by atoms with E-state index >= 15 is 4.39 Å². The van der Waals surface area contributed by atoms with E-state index in [0.29, 0.717) is 40.2 Å². The van der Waals surface area contributed by atoms with E-state index in [1.54, 1.807) is 37.2 Å². The van der Waals surface area contributed by atoms with Gasteiger partial charge in [-0.05, 0) is 41.0 Å². The van der Waals surface area contributed by atoms with Crippen LogP contribution in [0.4, 0.5) is 4.39 Å². The molecule has 0 spiro atoms. The molecule has 194 valence electrons. The molecule has 0 saturated carbocycles. The van der Waals surface area contributed by atoms with Crippen LogP contribution in [0.15, 0.2) is 91.8 Å². The van der Waals surface area contributed by atoms with Gasteiger partial charge in [0, 0.05) is 55.2 Å².